The molecule has 1 aromatic rings. The topological polar surface area (TPSA) is 73.1 Å². The Kier molecular flexibility index (Phi) is 5.28. The average Bonchev–Trinajstić information content (AvgIpc) is 2.43. The Hall–Kier alpha value is -2.12. The minimum Gasteiger partial charge on any atom is -0.396 e. The zero-order chi connectivity index (χ0) is 14.3. The van der Waals surface area contributed by atoms with Gasteiger partial charge >= 0.3 is 0 Å². The van der Waals surface area contributed by atoms with E-state index in [9.17, 15) is 4.79 Å². The number of hydrogen-bond acceptors (Lipinski definition) is 3. The summed E-state index contributed by atoms with van der Waals surface area (Å²) in [5.74, 6) is -0.219. The number of carbonyl (C=O) groups excluding carboxylic acids is 1. The van der Waals surface area contributed by atoms with Crippen molar-refractivity contribution in [2.24, 2.45) is 5.41 Å². The predicted molar refractivity (Wildman–Crippen MR) is 74.1 cm³/mol. The van der Waals surface area contributed by atoms with Gasteiger partial charge in [-0.25, -0.2) is 0 Å². The van der Waals surface area contributed by atoms with Crippen molar-refractivity contribution < 1.29 is 9.90 Å². The lowest BCUT2D eigenvalue weighted by molar-refractivity contribution is -0.116. The van der Waals surface area contributed by atoms with Gasteiger partial charge in [-0.05, 0) is 23.8 Å². The minimum absolute atomic E-state index is 0.0151. The van der Waals surface area contributed by atoms with Crippen molar-refractivity contribution in [3.63, 3.8) is 0 Å². The van der Waals surface area contributed by atoms with Gasteiger partial charge in [-0.1, -0.05) is 26.0 Å². The third kappa shape index (κ3) is 5.36. The molecular weight excluding hydrogens is 240 g/mol. The summed E-state index contributed by atoms with van der Waals surface area (Å²) in [4.78, 5) is 11.6. The van der Waals surface area contributed by atoms with Crippen LogP contribution >= 0.6 is 0 Å². The zero-order valence-electron chi connectivity index (χ0n) is 11.2. The maximum absolute atomic E-state index is 11.6. The lowest BCUT2D eigenvalue weighted by Gasteiger charge is -2.21. The Morgan fingerprint density at radius 3 is 2.89 bits per heavy atom. The Bertz CT molecular complexity index is 513. The van der Waals surface area contributed by atoms with E-state index in [-0.39, 0.29) is 17.9 Å². The van der Waals surface area contributed by atoms with Crippen molar-refractivity contribution in [3.8, 4) is 6.07 Å². The fourth-order valence-corrected chi connectivity index (χ4v) is 1.33. The molecule has 0 radical (unpaired) electrons. The van der Waals surface area contributed by atoms with E-state index < -0.39 is 0 Å². The highest BCUT2D eigenvalue weighted by molar-refractivity contribution is 5.91. The van der Waals surface area contributed by atoms with Crippen molar-refractivity contribution in [3.05, 3.63) is 41.5 Å². The number of carbonyl (C=O) groups is 1. The van der Waals surface area contributed by atoms with E-state index in [1.54, 1.807) is 24.3 Å². The predicted octanol–water partition coefficient (Wildman–Crippen LogP) is 1.71. The monoisotopic (exact) mass is 258 g/mol. The fourth-order valence-electron chi connectivity index (χ4n) is 1.33. The first-order valence-electron chi connectivity index (χ1n) is 6.04. The van der Waals surface area contributed by atoms with Crippen LogP contribution in [0.5, 0.6) is 0 Å². The van der Waals surface area contributed by atoms with Crippen molar-refractivity contribution in [2.45, 2.75) is 13.8 Å². The Balaban J connectivity index is 2.57. The molecule has 0 unspecified atom stereocenters. The van der Waals surface area contributed by atoms with E-state index in [4.69, 9.17) is 10.4 Å². The Labute approximate surface area is 113 Å². The van der Waals surface area contributed by atoms with Gasteiger partial charge < -0.3 is 10.4 Å². The second kappa shape index (κ2) is 6.72. The van der Waals surface area contributed by atoms with Crippen molar-refractivity contribution in [1.82, 2.24) is 5.32 Å². The van der Waals surface area contributed by atoms with Crippen LogP contribution in [0.2, 0.25) is 0 Å². The quantitative estimate of drug-likeness (QED) is 0.790. The molecule has 0 aliphatic rings. The molecule has 0 aromatic heterocycles. The molecule has 0 aliphatic heterocycles. The maximum atomic E-state index is 11.6. The van der Waals surface area contributed by atoms with Gasteiger partial charge in [-0.2, -0.15) is 5.26 Å². The molecule has 19 heavy (non-hydrogen) atoms. The molecular formula is C15H18N2O2. The van der Waals surface area contributed by atoms with Crippen LogP contribution in [0.4, 0.5) is 0 Å². The largest absolute Gasteiger partial charge is 0.396 e. The summed E-state index contributed by atoms with van der Waals surface area (Å²) in [5.41, 5.74) is 1.03. The summed E-state index contributed by atoms with van der Waals surface area (Å²) in [6, 6.07) is 9.06. The fraction of sp³-hybridized carbons (Fsp3) is 0.333. The number of aliphatic hydroxyl groups is 1. The highest BCUT2D eigenvalue weighted by Crippen LogP contribution is 2.11. The molecule has 1 rings (SSSR count). The molecule has 4 nitrogen and oxygen atoms in total. The zero-order valence-corrected chi connectivity index (χ0v) is 11.2. The molecule has 4 heteroatoms. The van der Waals surface area contributed by atoms with Gasteiger partial charge in [-0.3, -0.25) is 4.79 Å². The first-order chi connectivity index (χ1) is 8.96. The molecule has 1 amide bonds. The number of aliphatic hydroxyl groups excluding tert-OH is 1. The molecule has 0 saturated carbocycles. The lowest BCUT2D eigenvalue weighted by atomic mass is 9.95. The highest BCUT2D eigenvalue weighted by atomic mass is 16.3. The Morgan fingerprint density at radius 1 is 1.53 bits per heavy atom. The number of hydrogen-bond donors (Lipinski definition) is 2. The third-order valence-corrected chi connectivity index (χ3v) is 2.61. The van der Waals surface area contributed by atoms with E-state index in [0.717, 1.165) is 5.56 Å². The Morgan fingerprint density at radius 2 is 2.26 bits per heavy atom. The van der Waals surface area contributed by atoms with Gasteiger partial charge in [0.25, 0.3) is 0 Å². The molecule has 0 bridgehead atoms. The summed E-state index contributed by atoms with van der Waals surface area (Å²) < 4.78 is 0. The van der Waals surface area contributed by atoms with Crippen molar-refractivity contribution in [2.75, 3.05) is 13.2 Å². The van der Waals surface area contributed by atoms with Gasteiger partial charge in [0.2, 0.25) is 5.91 Å². The van der Waals surface area contributed by atoms with Crippen LogP contribution in [0.1, 0.15) is 25.0 Å². The van der Waals surface area contributed by atoms with Crippen molar-refractivity contribution in [1.29, 1.82) is 5.26 Å². The second-order valence-corrected chi connectivity index (χ2v) is 5.11. The van der Waals surface area contributed by atoms with E-state index in [1.165, 1.54) is 6.08 Å². The first-order valence-corrected chi connectivity index (χ1v) is 6.04. The number of rotatable bonds is 5. The van der Waals surface area contributed by atoms with Gasteiger partial charge in [0.05, 0.1) is 11.6 Å². The molecule has 100 valence electrons. The number of nitrogens with zero attached hydrogens (tertiary/aromatic N) is 1. The van der Waals surface area contributed by atoms with Crippen LogP contribution in [0.15, 0.2) is 30.3 Å². The van der Waals surface area contributed by atoms with Crippen LogP contribution in [0, 0.1) is 16.7 Å². The van der Waals surface area contributed by atoms with Crippen LogP contribution in [0.25, 0.3) is 6.08 Å². The lowest BCUT2D eigenvalue weighted by Crippen LogP contribution is -2.35. The molecule has 1 aromatic carbocycles. The van der Waals surface area contributed by atoms with Gasteiger partial charge in [0.1, 0.15) is 0 Å². The molecule has 0 atom stereocenters. The summed E-state index contributed by atoms with van der Waals surface area (Å²) in [5, 5.41) is 20.6. The number of benzene rings is 1. The normalized spacial score (nSPS) is 11.3. The molecule has 0 saturated heterocycles. The molecule has 2 N–H and O–H groups in total. The van der Waals surface area contributed by atoms with Crippen molar-refractivity contribution >= 4 is 12.0 Å². The van der Waals surface area contributed by atoms with Crippen LogP contribution < -0.4 is 5.32 Å². The van der Waals surface area contributed by atoms with E-state index in [1.807, 2.05) is 26.0 Å². The van der Waals surface area contributed by atoms with Crippen LogP contribution in [0.3, 0.4) is 0 Å². The smallest absolute Gasteiger partial charge is 0.244 e. The average molecular weight is 258 g/mol. The maximum Gasteiger partial charge on any atom is 0.244 e. The minimum atomic E-state index is -0.329. The van der Waals surface area contributed by atoms with E-state index >= 15 is 0 Å². The number of amides is 1. The van der Waals surface area contributed by atoms with Gasteiger partial charge in [0, 0.05) is 24.6 Å². The summed E-state index contributed by atoms with van der Waals surface area (Å²) in [6.07, 6.45) is 3.08. The molecule has 0 fully saturated rings. The first kappa shape index (κ1) is 14.9. The van der Waals surface area contributed by atoms with Crippen LogP contribution in [-0.2, 0) is 4.79 Å². The highest BCUT2D eigenvalue weighted by Gasteiger charge is 2.16. The van der Waals surface area contributed by atoms with Crippen LogP contribution in [-0.4, -0.2) is 24.2 Å². The SMILES string of the molecule is CC(C)(CO)CNC(=O)/C=C/c1cccc(C#N)c1. The standard InChI is InChI=1S/C15H18N2O2/c1-15(2,11-18)10-17-14(19)7-6-12-4-3-5-13(8-12)9-16/h3-8,18H,10-11H2,1-2H3,(H,17,19)/b7-6+. The number of nitrogens with one attached hydrogen (secondary N) is 1. The molecule has 0 spiro atoms. The number of nitriles is 1. The molecule has 0 aliphatic carbocycles. The second-order valence-electron chi connectivity index (χ2n) is 5.11. The van der Waals surface area contributed by atoms with Gasteiger partial charge in [0.15, 0.2) is 0 Å². The van der Waals surface area contributed by atoms with E-state index in [0.29, 0.717) is 12.1 Å². The molecule has 0 heterocycles. The van der Waals surface area contributed by atoms with Gasteiger partial charge in [-0.15, -0.1) is 0 Å². The third-order valence-electron chi connectivity index (χ3n) is 2.61. The van der Waals surface area contributed by atoms with E-state index in [2.05, 4.69) is 5.32 Å². The summed E-state index contributed by atoms with van der Waals surface area (Å²) in [6.45, 7) is 4.16. The summed E-state index contributed by atoms with van der Waals surface area (Å²) in [7, 11) is 0. The summed E-state index contributed by atoms with van der Waals surface area (Å²) >= 11 is 0.